The molecule has 2 N–H and O–H groups in total. The van der Waals surface area contributed by atoms with Gasteiger partial charge in [-0.3, -0.25) is 9.59 Å². The van der Waals surface area contributed by atoms with E-state index in [0.29, 0.717) is 22.0 Å². The summed E-state index contributed by atoms with van der Waals surface area (Å²) in [6, 6.07) is 26.5. The summed E-state index contributed by atoms with van der Waals surface area (Å²) in [5.74, 6) is -0.259. The molecule has 0 saturated carbocycles. The van der Waals surface area contributed by atoms with Crippen molar-refractivity contribution in [1.29, 1.82) is 0 Å². The number of amides is 2. The number of rotatable bonds is 6. The maximum absolute atomic E-state index is 12.7. The summed E-state index contributed by atoms with van der Waals surface area (Å²) < 4.78 is 0. The first-order valence-corrected chi connectivity index (χ1v) is 11.8. The van der Waals surface area contributed by atoms with Gasteiger partial charge in [-0.2, -0.15) is 0 Å². The molecule has 6 heteroatoms. The molecular formula is C27H23ClN2O2S. The highest BCUT2D eigenvalue weighted by atomic mass is 35.5. The molecule has 0 fully saturated rings. The van der Waals surface area contributed by atoms with Crippen molar-refractivity contribution in [1.82, 2.24) is 0 Å². The highest BCUT2D eigenvalue weighted by molar-refractivity contribution is 8.00. The van der Waals surface area contributed by atoms with Crippen LogP contribution in [0.25, 0.3) is 10.8 Å². The van der Waals surface area contributed by atoms with Crippen molar-refractivity contribution < 1.29 is 9.59 Å². The lowest BCUT2D eigenvalue weighted by Gasteiger charge is -2.14. The molecule has 1 atom stereocenters. The second kappa shape index (κ2) is 10.1. The Morgan fingerprint density at radius 1 is 0.848 bits per heavy atom. The van der Waals surface area contributed by atoms with Gasteiger partial charge in [-0.15, -0.1) is 11.8 Å². The first-order valence-electron chi connectivity index (χ1n) is 10.5. The Kier molecular flexibility index (Phi) is 7.02. The molecule has 0 aliphatic heterocycles. The number of anilines is 2. The molecule has 166 valence electrons. The fourth-order valence-electron chi connectivity index (χ4n) is 3.37. The van der Waals surface area contributed by atoms with Crippen molar-refractivity contribution in [3.8, 4) is 0 Å². The molecular weight excluding hydrogens is 452 g/mol. The molecule has 2 amide bonds. The lowest BCUT2D eigenvalue weighted by Crippen LogP contribution is -2.22. The minimum absolute atomic E-state index is 0.0981. The fourth-order valence-corrected chi connectivity index (χ4v) is 4.41. The Labute approximate surface area is 202 Å². The van der Waals surface area contributed by atoms with E-state index in [0.717, 1.165) is 21.2 Å². The molecule has 4 nitrogen and oxygen atoms in total. The molecule has 0 bridgehead atoms. The summed E-state index contributed by atoms with van der Waals surface area (Å²) in [5, 5.41) is 8.27. The number of thioether (sulfide) groups is 1. The smallest absolute Gasteiger partial charge is 0.255 e. The van der Waals surface area contributed by atoms with Gasteiger partial charge in [-0.1, -0.05) is 48.0 Å². The monoisotopic (exact) mass is 474 g/mol. The lowest BCUT2D eigenvalue weighted by molar-refractivity contribution is -0.115. The summed E-state index contributed by atoms with van der Waals surface area (Å²) in [5.41, 5.74) is 2.97. The van der Waals surface area contributed by atoms with Gasteiger partial charge in [-0.05, 0) is 78.7 Å². The third kappa shape index (κ3) is 5.75. The van der Waals surface area contributed by atoms with E-state index >= 15 is 0 Å². The van der Waals surface area contributed by atoms with Gasteiger partial charge < -0.3 is 10.6 Å². The molecule has 0 heterocycles. The van der Waals surface area contributed by atoms with Crippen LogP contribution in [0.1, 0.15) is 22.8 Å². The molecule has 4 aromatic carbocycles. The van der Waals surface area contributed by atoms with Crippen LogP contribution in [-0.4, -0.2) is 17.1 Å². The summed E-state index contributed by atoms with van der Waals surface area (Å²) >= 11 is 7.49. The van der Waals surface area contributed by atoms with Crippen LogP contribution >= 0.6 is 23.4 Å². The van der Waals surface area contributed by atoms with Crippen LogP contribution in [0.3, 0.4) is 0 Å². The van der Waals surface area contributed by atoms with Crippen LogP contribution in [0.15, 0.2) is 89.8 Å². The van der Waals surface area contributed by atoms with E-state index in [1.54, 1.807) is 12.1 Å². The lowest BCUT2D eigenvalue weighted by atomic mass is 10.1. The van der Waals surface area contributed by atoms with Crippen molar-refractivity contribution in [2.24, 2.45) is 0 Å². The molecule has 33 heavy (non-hydrogen) atoms. The van der Waals surface area contributed by atoms with Gasteiger partial charge in [0.25, 0.3) is 5.91 Å². The molecule has 4 rings (SSSR count). The van der Waals surface area contributed by atoms with Crippen molar-refractivity contribution in [3.05, 3.63) is 101 Å². The number of halogens is 1. The quantitative estimate of drug-likeness (QED) is 0.291. The van der Waals surface area contributed by atoms with Gasteiger partial charge in [0.2, 0.25) is 5.91 Å². The van der Waals surface area contributed by atoms with Gasteiger partial charge in [0.1, 0.15) is 0 Å². The number of fused-ring (bicyclic) bond motifs is 1. The van der Waals surface area contributed by atoms with Gasteiger partial charge in [-0.25, -0.2) is 0 Å². The van der Waals surface area contributed by atoms with E-state index < -0.39 is 0 Å². The van der Waals surface area contributed by atoms with Crippen molar-refractivity contribution in [3.63, 3.8) is 0 Å². The van der Waals surface area contributed by atoms with Gasteiger partial charge in [0, 0.05) is 26.9 Å². The third-order valence-corrected chi connectivity index (χ3v) is 6.61. The summed E-state index contributed by atoms with van der Waals surface area (Å²) in [6.07, 6.45) is 0. The Bertz CT molecular complexity index is 1320. The minimum atomic E-state index is -0.304. The number of carbonyl (C=O) groups is 2. The van der Waals surface area contributed by atoms with Gasteiger partial charge in [0.15, 0.2) is 0 Å². The number of hydrogen-bond donors (Lipinski definition) is 2. The number of benzene rings is 4. The minimum Gasteiger partial charge on any atom is -0.325 e. The summed E-state index contributed by atoms with van der Waals surface area (Å²) in [6.45, 7) is 3.78. The molecule has 4 aromatic rings. The van der Waals surface area contributed by atoms with E-state index in [1.165, 1.54) is 11.8 Å². The van der Waals surface area contributed by atoms with Crippen molar-refractivity contribution in [2.45, 2.75) is 24.0 Å². The molecule has 0 spiro atoms. The van der Waals surface area contributed by atoms with Crippen LogP contribution in [0.5, 0.6) is 0 Å². The normalized spacial score (nSPS) is 11.7. The molecule has 0 radical (unpaired) electrons. The highest BCUT2D eigenvalue weighted by Gasteiger charge is 2.16. The third-order valence-electron chi connectivity index (χ3n) is 5.26. The van der Waals surface area contributed by atoms with Crippen LogP contribution in [0.2, 0.25) is 5.02 Å². The average Bonchev–Trinajstić information content (AvgIpc) is 2.82. The zero-order valence-corrected chi connectivity index (χ0v) is 19.8. The number of aryl methyl sites for hydroxylation is 1. The Balaban J connectivity index is 1.36. The predicted molar refractivity (Wildman–Crippen MR) is 138 cm³/mol. The predicted octanol–water partition coefficient (Wildman–Crippen LogP) is 7.17. The van der Waals surface area contributed by atoms with Crippen molar-refractivity contribution in [2.75, 3.05) is 10.6 Å². The summed E-state index contributed by atoms with van der Waals surface area (Å²) in [4.78, 5) is 26.2. The van der Waals surface area contributed by atoms with Crippen LogP contribution in [0, 0.1) is 6.92 Å². The number of carbonyl (C=O) groups excluding carboxylic acids is 2. The van der Waals surface area contributed by atoms with E-state index in [4.69, 9.17) is 11.6 Å². The maximum atomic E-state index is 12.7. The van der Waals surface area contributed by atoms with E-state index in [-0.39, 0.29) is 17.1 Å². The van der Waals surface area contributed by atoms with Crippen LogP contribution < -0.4 is 10.6 Å². The fraction of sp³-hybridized carbons (Fsp3) is 0.111. The Hall–Kier alpha value is -3.28. The average molecular weight is 475 g/mol. The SMILES string of the molecule is Cc1ccc(Cl)cc1NC(=O)C(C)Sc1ccc(NC(=O)c2ccc3ccccc3c2)cc1. The topological polar surface area (TPSA) is 58.2 Å². The van der Waals surface area contributed by atoms with E-state index in [9.17, 15) is 9.59 Å². The van der Waals surface area contributed by atoms with Crippen LogP contribution in [0.4, 0.5) is 11.4 Å². The number of hydrogen-bond acceptors (Lipinski definition) is 3. The van der Waals surface area contributed by atoms with Gasteiger partial charge >= 0.3 is 0 Å². The second-order valence-electron chi connectivity index (χ2n) is 7.75. The molecule has 0 aromatic heterocycles. The molecule has 0 aliphatic rings. The summed E-state index contributed by atoms with van der Waals surface area (Å²) in [7, 11) is 0. The zero-order valence-electron chi connectivity index (χ0n) is 18.3. The highest BCUT2D eigenvalue weighted by Crippen LogP contribution is 2.27. The van der Waals surface area contributed by atoms with Crippen LogP contribution in [-0.2, 0) is 4.79 Å². The number of nitrogens with one attached hydrogen (secondary N) is 2. The largest absolute Gasteiger partial charge is 0.325 e. The molecule has 0 saturated heterocycles. The van der Waals surface area contributed by atoms with Gasteiger partial charge in [0.05, 0.1) is 5.25 Å². The first kappa shape index (κ1) is 22.9. The Morgan fingerprint density at radius 3 is 2.33 bits per heavy atom. The van der Waals surface area contributed by atoms with E-state index in [2.05, 4.69) is 10.6 Å². The van der Waals surface area contributed by atoms with Crippen molar-refractivity contribution >= 4 is 57.3 Å². The first-order chi connectivity index (χ1) is 15.9. The Morgan fingerprint density at radius 2 is 1.58 bits per heavy atom. The standard InChI is InChI=1S/C27H23ClN2O2S/c1-17-7-10-22(28)16-25(17)30-26(31)18(2)33-24-13-11-23(12-14-24)29-27(32)21-9-8-19-5-3-4-6-20(19)15-21/h3-16,18H,1-2H3,(H,29,32)(H,30,31). The second-order valence-corrected chi connectivity index (χ2v) is 9.60. The molecule has 1 unspecified atom stereocenters. The van der Waals surface area contributed by atoms with E-state index in [1.807, 2.05) is 86.6 Å². The maximum Gasteiger partial charge on any atom is 0.255 e. The zero-order chi connectivity index (χ0) is 23.4. The molecule has 0 aliphatic carbocycles.